The summed E-state index contributed by atoms with van der Waals surface area (Å²) < 4.78 is 33.7. The van der Waals surface area contributed by atoms with Crippen LogP contribution >= 0.6 is 0 Å². The Kier molecular flexibility index (Phi) is 6.98. The van der Waals surface area contributed by atoms with Crippen LogP contribution in [0.5, 0.6) is 11.5 Å². The molecule has 0 heterocycles. The van der Waals surface area contributed by atoms with Gasteiger partial charge in [-0.15, -0.1) is 0 Å². The lowest BCUT2D eigenvalue weighted by atomic mass is 9.96. The number of amides is 3. The van der Waals surface area contributed by atoms with Crippen molar-refractivity contribution in [2.24, 2.45) is 22.2 Å². The minimum atomic E-state index is -4.46. The van der Waals surface area contributed by atoms with Crippen LogP contribution in [0.4, 0.5) is 4.79 Å². The summed E-state index contributed by atoms with van der Waals surface area (Å²) in [6.07, 6.45) is 3.52. The molecular weight excluding hydrogens is 434 g/mol. The normalized spacial score (nSPS) is 14.4. The Morgan fingerprint density at radius 1 is 0.969 bits per heavy atom. The molecule has 170 valence electrons. The highest BCUT2D eigenvalue weighted by Gasteiger charge is 2.37. The Bertz CT molecular complexity index is 1120. The van der Waals surface area contributed by atoms with Gasteiger partial charge in [-0.3, -0.25) is 4.79 Å². The second-order valence-electron chi connectivity index (χ2n) is 7.35. The van der Waals surface area contributed by atoms with E-state index >= 15 is 0 Å². The van der Waals surface area contributed by atoms with Gasteiger partial charge in [-0.2, -0.15) is 4.99 Å². The van der Waals surface area contributed by atoms with E-state index in [1.807, 2.05) is 0 Å². The molecule has 0 aliphatic heterocycles. The van der Waals surface area contributed by atoms with Gasteiger partial charge in [0.05, 0.1) is 6.04 Å². The number of nitrogens with zero attached hydrogens (tertiary/aromatic N) is 2. The first-order chi connectivity index (χ1) is 15.2. The molecule has 0 aromatic heterocycles. The van der Waals surface area contributed by atoms with Crippen LogP contribution < -0.4 is 21.9 Å². The highest BCUT2D eigenvalue weighted by Crippen LogP contribution is 2.35. The SMILES string of the molecule is NC(=O)N(C1CCCCC1)S(=O)(=O)c1cc(C(=O)N=C(N)N)ccc1Oc1ccccc1. The van der Waals surface area contributed by atoms with Crippen LogP contribution in [0.15, 0.2) is 58.4 Å². The lowest BCUT2D eigenvalue weighted by Crippen LogP contribution is -2.48. The lowest BCUT2D eigenvalue weighted by Gasteiger charge is -2.32. The molecule has 0 unspecified atom stereocenters. The minimum Gasteiger partial charge on any atom is -0.456 e. The molecule has 1 aliphatic carbocycles. The zero-order chi connectivity index (χ0) is 23.3. The molecular formula is C21H25N5O5S. The number of sulfonamides is 1. The van der Waals surface area contributed by atoms with Crippen molar-refractivity contribution >= 4 is 27.9 Å². The molecule has 0 atom stereocenters. The maximum atomic E-state index is 13.6. The van der Waals surface area contributed by atoms with E-state index in [1.54, 1.807) is 30.3 Å². The summed E-state index contributed by atoms with van der Waals surface area (Å²) in [6, 6.07) is 10.6. The number of benzene rings is 2. The topological polar surface area (TPSA) is 171 Å². The molecule has 0 spiro atoms. The van der Waals surface area contributed by atoms with E-state index < -0.39 is 34.0 Å². The second-order valence-corrected chi connectivity index (χ2v) is 9.13. The van der Waals surface area contributed by atoms with E-state index in [2.05, 4.69) is 4.99 Å². The fourth-order valence-corrected chi connectivity index (χ4v) is 5.33. The Labute approximate surface area is 186 Å². The third kappa shape index (κ3) is 5.17. The monoisotopic (exact) mass is 459 g/mol. The average Bonchev–Trinajstić information content (AvgIpc) is 2.74. The maximum absolute atomic E-state index is 13.6. The van der Waals surface area contributed by atoms with Crippen molar-refractivity contribution in [2.45, 2.75) is 43.0 Å². The van der Waals surface area contributed by atoms with Crippen LogP contribution in [0.25, 0.3) is 0 Å². The Morgan fingerprint density at radius 3 is 2.22 bits per heavy atom. The van der Waals surface area contributed by atoms with Gasteiger partial charge in [0.1, 0.15) is 16.4 Å². The number of para-hydroxylation sites is 1. The zero-order valence-electron chi connectivity index (χ0n) is 17.3. The number of hydrogen-bond donors (Lipinski definition) is 3. The minimum absolute atomic E-state index is 0.0699. The van der Waals surface area contributed by atoms with Crippen LogP contribution in [-0.4, -0.2) is 36.7 Å². The second kappa shape index (κ2) is 9.69. The molecule has 11 heteroatoms. The summed E-state index contributed by atoms with van der Waals surface area (Å²) in [5.74, 6) is -1.00. The highest BCUT2D eigenvalue weighted by atomic mass is 32.2. The van der Waals surface area contributed by atoms with Gasteiger partial charge in [0.2, 0.25) is 0 Å². The third-order valence-corrected chi connectivity index (χ3v) is 6.92. The number of rotatable bonds is 6. The van der Waals surface area contributed by atoms with Crippen LogP contribution in [0.3, 0.4) is 0 Å². The molecule has 3 rings (SSSR count). The van der Waals surface area contributed by atoms with Gasteiger partial charge in [-0.05, 0) is 43.2 Å². The number of ether oxygens (including phenoxy) is 1. The van der Waals surface area contributed by atoms with Crippen LogP contribution in [-0.2, 0) is 10.0 Å². The number of primary amides is 1. The van der Waals surface area contributed by atoms with E-state index in [9.17, 15) is 18.0 Å². The summed E-state index contributed by atoms with van der Waals surface area (Å²) in [5, 5.41) is 0. The predicted octanol–water partition coefficient (Wildman–Crippen LogP) is 2.29. The van der Waals surface area contributed by atoms with Crippen molar-refractivity contribution in [1.82, 2.24) is 4.31 Å². The van der Waals surface area contributed by atoms with E-state index in [0.717, 1.165) is 25.3 Å². The van der Waals surface area contributed by atoms with Crippen LogP contribution in [0.1, 0.15) is 42.5 Å². The summed E-state index contributed by atoms with van der Waals surface area (Å²) in [7, 11) is -4.46. The Balaban J connectivity index is 2.13. The molecule has 32 heavy (non-hydrogen) atoms. The summed E-state index contributed by atoms with van der Waals surface area (Å²) in [6.45, 7) is 0. The number of aliphatic imine (C=N–C) groups is 1. The fourth-order valence-electron chi connectivity index (χ4n) is 3.64. The van der Waals surface area contributed by atoms with Crippen molar-refractivity contribution in [2.75, 3.05) is 0 Å². The highest BCUT2D eigenvalue weighted by molar-refractivity contribution is 7.89. The van der Waals surface area contributed by atoms with Crippen LogP contribution in [0, 0.1) is 0 Å². The maximum Gasteiger partial charge on any atom is 0.328 e. The Hall–Kier alpha value is -3.60. The van der Waals surface area contributed by atoms with Gasteiger partial charge in [-0.25, -0.2) is 17.5 Å². The number of carbonyl (C=O) groups excluding carboxylic acids is 2. The van der Waals surface area contributed by atoms with Crippen LogP contribution in [0.2, 0.25) is 0 Å². The molecule has 1 fully saturated rings. The third-order valence-electron chi connectivity index (χ3n) is 5.05. The lowest BCUT2D eigenvalue weighted by molar-refractivity contribution is 0.100. The van der Waals surface area contributed by atoms with Gasteiger partial charge in [0.25, 0.3) is 15.9 Å². The summed E-state index contributed by atoms with van der Waals surface area (Å²) in [4.78, 5) is 27.6. The first-order valence-corrected chi connectivity index (χ1v) is 11.5. The molecule has 3 amide bonds. The van der Waals surface area contributed by atoms with Crippen molar-refractivity contribution in [1.29, 1.82) is 0 Å². The van der Waals surface area contributed by atoms with Gasteiger partial charge >= 0.3 is 6.03 Å². The molecule has 2 aromatic rings. The standard InChI is InChI=1S/C21H25N5O5S/c22-20(23)25-19(27)14-11-12-17(31-16-9-5-2-6-10-16)18(13-14)32(29,30)26(21(24)28)15-7-3-1-4-8-15/h2,5-6,9-13,15H,1,3-4,7-8H2,(H2,24,28)(H4,22,23,25,27). The molecule has 10 nitrogen and oxygen atoms in total. The summed E-state index contributed by atoms with van der Waals surface area (Å²) >= 11 is 0. The van der Waals surface area contributed by atoms with Gasteiger partial charge in [0, 0.05) is 5.56 Å². The molecule has 0 bridgehead atoms. The predicted molar refractivity (Wildman–Crippen MR) is 119 cm³/mol. The number of carbonyl (C=O) groups is 2. The first-order valence-electron chi connectivity index (χ1n) is 10.0. The quantitative estimate of drug-likeness (QED) is 0.439. The van der Waals surface area contributed by atoms with Gasteiger partial charge < -0.3 is 21.9 Å². The molecule has 1 aliphatic rings. The zero-order valence-corrected chi connectivity index (χ0v) is 18.1. The molecule has 2 aromatic carbocycles. The number of urea groups is 1. The number of guanidine groups is 1. The van der Waals surface area contributed by atoms with E-state index in [1.165, 1.54) is 12.1 Å². The van der Waals surface area contributed by atoms with E-state index in [-0.39, 0.29) is 16.2 Å². The number of nitrogens with two attached hydrogens (primary N) is 3. The van der Waals surface area contributed by atoms with E-state index in [0.29, 0.717) is 22.9 Å². The molecule has 0 radical (unpaired) electrons. The molecule has 1 saturated carbocycles. The van der Waals surface area contributed by atoms with Crippen molar-refractivity contribution in [3.8, 4) is 11.5 Å². The number of hydrogen-bond acceptors (Lipinski definition) is 5. The summed E-state index contributed by atoms with van der Waals surface area (Å²) in [5.41, 5.74) is 15.9. The fraction of sp³-hybridized carbons (Fsp3) is 0.286. The van der Waals surface area contributed by atoms with E-state index in [4.69, 9.17) is 21.9 Å². The average molecular weight is 460 g/mol. The Morgan fingerprint density at radius 2 is 1.62 bits per heavy atom. The van der Waals surface area contributed by atoms with Crippen molar-refractivity contribution < 1.29 is 22.7 Å². The van der Waals surface area contributed by atoms with Gasteiger partial charge in [-0.1, -0.05) is 37.5 Å². The first kappa shape index (κ1) is 23.1. The molecule has 6 N–H and O–H groups in total. The molecule has 0 saturated heterocycles. The smallest absolute Gasteiger partial charge is 0.328 e. The largest absolute Gasteiger partial charge is 0.456 e. The van der Waals surface area contributed by atoms with Crippen molar-refractivity contribution in [3.63, 3.8) is 0 Å². The van der Waals surface area contributed by atoms with Crippen molar-refractivity contribution in [3.05, 3.63) is 54.1 Å². The van der Waals surface area contributed by atoms with Gasteiger partial charge in [0.15, 0.2) is 5.96 Å².